The molecule has 1 aromatic carbocycles. The molecule has 104 valence electrons. The summed E-state index contributed by atoms with van der Waals surface area (Å²) in [5, 5.41) is 6.07. The summed E-state index contributed by atoms with van der Waals surface area (Å²) in [6.45, 7) is 5.23. The Balaban J connectivity index is 2.70. The zero-order valence-electron chi connectivity index (χ0n) is 11.0. The van der Waals surface area contributed by atoms with Gasteiger partial charge in [0.2, 0.25) is 11.8 Å². The van der Waals surface area contributed by atoms with Crippen molar-refractivity contribution in [3.63, 3.8) is 0 Å². The third kappa shape index (κ3) is 4.54. The molecule has 1 unspecified atom stereocenters. The minimum Gasteiger partial charge on any atom is -0.366 e. The Labute approximate surface area is 117 Å². The Kier molecular flexibility index (Phi) is 5.79. The molecular weight excluding hydrogens is 266 g/mol. The summed E-state index contributed by atoms with van der Waals surface area (Å²) in [4.78, 5) is 22.9. The van der Waals surface area contributed by atoms with Gasteiger partial charge in [0, 0.05) is 18.2 Å². The van der Waals surface area contributed by atoms with Crippen molar-refractivity contribution in [2.24, 2.45) is 11.7 Å². The monoisotopic (exact) mass is 283 g/mol. The number of nitrogens with one attached hydrogen (secondary N) is 2. The first-order valence-corrected chi connectivity index (χ1v) is 6.44. The molecular formula is C13H18ClN3O2. The minimum absolute atomic E-state index is 0.108. The number of hydrogen-bond donors (Lipinski definition) is 3. The van der Waals surface area contributed by atoms with Gasteiger partial charge in [0.25, 0.3) is 0 Å². The van der Waals surface area contributed by atoms with Crippen LogP contribution in [-0.2, 0) is 4.79 Å². The van der Waals surface area contributed by atoms with Crippen LogP contribution in [0.4, 0.5) is 5.69 Å². The quantitative estimate of drug-likeness (QED) is 0.742. The molecule has 0 saturated heterocycles. The summed E-state index contributed by atoms with van der Waals surface area (Å²) >= 11 is 5.91. The highest BCUT2D eigenvalue weighted by Gasteiger charge is 2.13. The van der Waals surface area contributed by atoms with Gasteiger partial charge in [-0.1, -0.05) is 25.4 Å². The van der Waals surface area contributed by atoms with Crippen molar-refractivity contribution in [2.45, 2.75) is 13.8 Å². The predicted octanol–water partition coefficient (Wildman–Crippen LogP) is 1.62. The molecule has 5 nitrogen and oxygen atoms in total. The van der Waals surface area contributed by atoms with Crippen LogP contribution in [0.15, 0.2) is 18.2 Å². The molecule has 4 N–H and O–H groups in total. The summed E-state index contributed by atoms with van der Waals surface area (Å²) in [7, 11) is 0. The second-order valence-electron chi connectivity index (χ2n) is 4.26. The van der Waals surface area contributed by atoms with Crippen LogP contribution < -0.4 is 16.4 Å². The second-order valence-corrected chi connectivity index (χ2v) is 4.66. The SMILES string of the molecule is CCNCC(C)C(=O)Nc1ccc(C(N)=O)c(Cl)c1. The Bertz CT molecular complexity index is 477. The third-order valence-electron chi connectivity index (χ3n) is 2.65. The van der Waals surface area contributed by atoms with E-state index in [1.54, 1.807) is 6.07 Å². The van der Waals surface area contributed by atoms with Crippen LogP contribution in [0.2, 0.25) is 5.02 Å². The summed E-state index contributed by atoms with van der Waals surface area (Å²) in [6, 6.07) is 4.61. The Hall–Kier alpha value is -1.59. The van der Waals surface area contributed by atoms with E-state index in [9.17, 15) is 9.59 Å². The number of nitrogens with two attached hydrogens (primary N) is 1. The van der Waals surface area contributed by atoms with Gasteiger partial charge in [0.1, 0.15) is 0 Å². The van der Waals surface area contributed by atoms with Crippen molar-refractivity contribution in [1.82, 2.24) is 5.32 Å². The van der Waals surface area contributed by atoms with E-state index in [1.807, 2.05) is 13.8 Å². The molecule has 0 bridgehead atoms. The fraction of sp³-hybridized carbons (Fsp3) is 0.385. The molecule has 6 heteroatoms. The van der Waals surface area contributed by atoms with E-state index in [0.29, 0.717) is 12.2 Å². The number of rotatable bonds is 6. The van der Waals surface area contributed by atoms with Crippen molar-refractivity contribution in [3.05, 3.63) is 28.8 Å². The minimum atomic E-state index is -0.594. The van der Waals surface area contributed by atoms with Crippen LogP contribution in [0.3, 0.4) is 0 Å². The van der Waals surface area contributed by atoms with Gasteiger partial charge >= 0.3 is 0 Å². The van der Waals surface area contributed by atoms with Crippen LogP contribution in [0.5, 0.6) is 0 Å². The average molecular weight is 284 g/mol. The largest absolute Gasteiger partial charge is 0.366 e. The topological polar surface area (TPSA) is 84.2 Å². The lowest BCUT2D eigenvalue weighted by Crippen LogP contribution is -2.30. The molecule has 0 aliphatic heterocycles. The molecule has 0 fully saturated rings. The molecule has 19 heavy (non-hydrogen) atoms. The van der Waals surface area contributed by atoms with Gasteiger partial charge in [0.15, 0.2) is 0 Å². The fourth-order valence-corrected chi connectivity index (χ4v) is 1.79. The van der Waals surface area contributed by atoms with Crippen LogP contribution >= 0.6 is 11.6 Å². The summed E-state index contributed by atoms with van der Waals surface area (Å²) in [5.74, 6) is -0.859. The number of amides is 2. The normalized spacial score (nSPS) is 11.9. The van der Waals surface area contributed by atoms with Crippen LogP contribution in [-0.4, -0.2) is 24.9 Å². The summed E-state index contributed by atoms with van der Waals surface area (Å²) in [5.41, 5.74) is 5.93. The van der Waals surface area contributed by atoms with Crippen LogP contribution in [0.1, 0.15) is 24.2 Å². The smallest absolute Gasteiger partial charge is 0.250 e. The predicted molar refractivity (Wildman–Crippen MR) is 76.3 cm³/mol. The number of hydrogen-bond acceptors (Lipinski definition) is 3. The van der Waals surface area contributed by atoms with Gasteiger partial charge in [-0.2, -0.15) is 0 Å². The number of primary amides is 1. The average Bonchev–Trinajstić information content (AvgIpc) is 2.35. The number of carbonyl (C=O) groups is 2. The standard InChI is InChI=1S/C13H18ClN3O2/c1-3-16-7-8(2)13(19)17-9-4-5-10(12(15)18)11(14)6-9/h4-6,8,16H,3,7H2,1-2H3,(H2,15,18)(H,17,19). The molecule has 0 aromatic heterocycles. The molecule has 0 aliphatic carbocycles. The van der Waals surface area contributed by atoms with E-state index in [1.165, 1.54) is 12.1 Å². The highest BCUT2D eigenvalue weighted by Crippen LogP contribution is 2.21. The van der Waals surface area contributed by atoms with Gasteiger partial charge in [-0.3, -0.25) is 9.59 Å². The molecule has 1 atom stereocenters. The zero-order chi connectivity index (χ0) is 14.4. The Morgan fingerprint density at radius 2 is 2.11 bits per heavy atom. The first kappa shape index (κ1) is 15.5. The molecule has 1 aromatic rings. The lowest BCUT2D eigenvalue weighted by atomic mass is 10.1. The van der Waals surface area contributed by atoms with E-state index in [-0.39, 0.29) is 22.4 Å². The zero-order valence-corrected chi connectivity index (χ0v) is 11.8. The number of carbonyl (C=O) groups excluding carboxylic acids is 2. The van der Waals surface area contributed by atoms with Crippen molar-refractivity contribution in [3.8, 4) is 0 Å². The van der Waals surface area contributed by atoms with Crippen molar-refractivity contribution >= 4 is 29.1 Å². The van der Waals surface area contributed by atoms with Crippen molar-refractivity contribution in [2.75, 3.05) is 18.4 Å². The molecule has 0 saturated carbocycles. The van der Waals surface area contributed by atoms with Crippen LogP contribution in [0, 0.1) is 5.92 Å². The van der Waals surface area contributed by atoms with E-state index in [2.05, 4.69) is 10.6 Å². The Morgan fingerprint density at radius 1 is 1.42 bits per heavy atom. The molecule has 0 spiro atoms. The van der Waals surface area contributed by atoms with Gasteiger partial charge < -0.3 is 16.4 Å². The maximum Gasteiger partial charge on any atom is 0.250 e. The van der Waals surface area contributed by atoms with Crippen molar-refractivity contribution in [1.29, 1.82) is 0 Å². The van der Waals surface area contributed by atoms with Crippen LogP contribution in [0.25, 0.3) is 0 Å². The van der Waals surface area contributed by atoms with Crippen molar-refractivity contribution < 1.29 is 9.59 Å². The maximum atomic E-state index is 11.9. The molecule has 0 aliphatic rings. The van der Waals surface area contributed by atoms with E-state index in [0.717, 1.165) is 6.54 Å². The first-order valence-electron chi connectivity index (χ1n) is 6.06. The molecule has 0 radical (unpaired) electrons. The van der Waals surface area contributed by atoms with E-state index in [4.69, 9.17) is 17.3 Å². The van der Waals surface area contributed by atoms with E-state index >= 15 is 0 Å². The highest BCUT2D eigenvalue weighted by molar-refractivity contribution is 6.34. The molecule has 0 heterocycles. The summed E-state index contributed by atoms with van der Waals surface area (Å²) < 4.78 is 0. The van der Waals surface area contributed by atoms with Gasteiger partial charge in [-0.05, 0) is 24.7 Å². The van der Waals surface area contributed by atoms with Gasteiger partial charge in [-0.15, -0.1) is 0 Å². The maximum absolute atomic E-state index is 11.9. The lowest BCUT2D eigenvalue weighted by Gasteiger charge is -2.13. The Morgan fingerprint density at radius 3 is 2.63 bits per heavy atom. The number of benzene rings is 1. The van der Waals surface area contributed by atoms with Gasteiger partial charge in [0.05, 0.1) is 10.6 Å². The van der Waals surface area contributed by atoms with Gasteiger partial charge in [-0.25, -0.2) is 0 Å². The first-order chi connectivity index (χ1) is 8.95. The number of anilines is 1. The number of halogens is 1. The lowest BCUT2D eigenvalue weighted by molar-refractivity contribution is -0.119. The fourth-order valence-electron chi connectivity index (χ4n) is 1.51. The third-order valence-corrected chi connectivity index (χ3v) is 2.96. The highest BCUT2D eigenvalue weighted by atomic mass is 35.5. The molecule has 2 amide bonds. The summed E-state index contributed by atoms with van der Waals surface area (Å²) in [6.07, 6.45) is 0. The van der Waals surface area contributed by atoms with E-state index < -0.39 is 5.91 Å². The molecule has 1 rings (SSSR count). The second kappa shape index (κ2) is 7.11.